The van der Waals surface area contributed by atoms with Crippen LogP contribution in [0.4, 0.5) is 0 Å². The Labute approximate surface area is 152 Å². The summed E-state index contributed by atoms with van der Waals surface area (Å²) in [6.45, 7) is 10.9. The monoisotopic (exact) mass is 332 g/mol. The number of ether oxygens (including phenoxy) is 1. The van der Waals surface area contributed by atoms with Crippen molar-refractivity contribution in [3.05, 3.63) is 89.0 Å². The van der Waals surface area contributed by atoms with Gasteiger partial charge < -0.3 is 4.74 Å². The molecule has 0 aliphatic heterocycles. The minimum atomic E-state index is 0.604. The van der Waals surface area contributed by atoms with E-state index in [0.29, 0.717) is 6.61 Å². The van der Waals surface area contributed by atoms with Crippen molar-refractivity contribution < 1.29 is 4.74 Å². The molecule has 0 saturated carbocycles. The van der Waals surface area contributed by atoms with E-state index in [-0.39, 0.29) is 0 Å². The van der Waals surface area contributed by atoms with Crippen molar-refractivity contribution in [2.24, 2.45) is 0 Å². The zero-order valence-electron chi connectivity index (χ0n) is 16.0. The molecule has 0 N–H and O–H groups in total. The second-order valence-corrected chi connectivity index (χ2v) is 6.18. The summed E-state index contributed by atoms with van der Waals surface area (Å²) >= 11 is 0. The summed E-state index contributed by atoms with van der Waals surface area (Å²) in [5.41, 5.74) is 7.49. The lowest BCUT2D eigenvalue weighted by Gasteiger charge is -2.09. The van der Waals surface area contributed by atoms with Crippen molar-refractivity contribution in [2.75, 3.05) is 0 Å². The Bertz CT molecular complexity index is 763. The molecule has 1 heteroatoms. The Balaban J connectivity index is 0.00000109. The van der Waals surface area contributed by atoms with Crippen LogP contribution in [0.3, 0.4) is 0 Å². The average molecular weight is 332 g/mol. The van der Waals surface area contributed by atoms with Crippen molar-refractivity contribution in [1.82, 2.24) is 0 Å². The van der Waals surface area contributed by atoms with E-state index in [1.54, 1.807) is 0 Å². The highest BCUT2D eigenvalue weighted by molar-refractivity contribution is 5.64. The van der Waals surface area contributed by atoms with Gasteiger partial charge in [-0.3, -0.25) is 0 Å². The van der Waals surface area contributed by atoms with E-state index in [2.05, 4.69) is 75.4 Å². The van der Waals surface area contributed by atoms with Crippen LogP contribution in [-0.2, 0) is 6.61 Å². The SMILES string of the molecule is CC.Cc1ccc(-c2ccc(OCc3cc(C)cc(C)c3)cc2)cc1. The number of hydrogen-bond acceptors (Lipinski definition) is 1. The second-order valence-electron chi connectivity index (χ2n) is 6.18. The molecular weight excluding hydrogens is 304 g/mol. The molecule has 0 aliphatic carbocycles. The number of hydrogen-bond donors (Lipinski definition) is 0. The zero-order valence-corrected chi connectivity index (χ0v) is 16.0. The molecule has 3 rings (SSSR count). The van der Waals surface area contributed by atoms with Gasteiger partial charge in [0.1, 0.15) is 12.4 Å². The first-order chi connectivity index (χ1) is 12.1. The Hall–Kier alpha value is -2.54. The summed E-state index contributed by atoms with van der Waals surface area (Å²) in [6.07, 6.45) is 0. The van der Waals surface area contributed by atoms with Gasteiger partial charge in [-0.2, -0.15) is 0 Å². The lowest BCUT2D eigenvalue weighted by atomic mass is 10.0. The van der Waals surface area contributed by atoms with Crippen molar-refractivity contribution in [3.8, 4) is 16.9 Å². The highest BCUT2D eigenvalue weighted by atomic mass is 16.5. The van der Waals surface area contributed by atoms with E-state index in [4.69, 9.17) is 4.74 Å². The van der Waals surface area contributed by atoms with Crippen molar-refractivity contribution >= 4 is 0 Å². The molecular formula is C24H28O. The Morgan fingerprint density at radius 1 is 0.600 bits per heavy atom. The molecule has 0 amide bonds. The molecule has 0 heterocycles. The molecule has 0 atom stereocenters. The van der Waals surface area contributed by atoms with E-state index in [0.717, 1.165) is 5.75 Å². The quantitative estimate of drug-likeness (QED) is 0.506. The molecule has 0 bridgehead atoms. The van der Waals surface area contributed by atoms with Crippen LogP contribution in [0.15, 0.2) is 66.7 Å². The van der Waals surface area contributed by atoms with Crippen molar-refractivity contribution in [3.63, 3.8) is 0 Å². The predicted octanol–water partition coefficient (Wildman–Crippen LogP) is 6.88. The van der Waals surface area contributed by atoms with E-state index >= 15 is 0 Å². The van der Waals surface area contributed by atoms with Crippen LogP contribution in [0, 0.1) is 20.8 Å². The topological polar surface area (TPSA) is 9.23 Å². The van der Waals surface area contributed by atoms with Gasteiger partial charge in [0, 0.05) is 0 Å². The number of benzene rings is 3. The normalized spacial score (nSPS) is 9.96. The van der Waals surface area contributed by atoms with Gasteiger partial charge in [0.2, 0.25) is 0 Å². The van der Waals surface area contributed by atoms with Gasteiger partial charge in [-0.15, -0.1) is 0 Å². The second kappa shape index (κ2) is 9.08. The van der Waals surface area contributed by atoms with Gasteiger partial charge in [0.15, 0.2) is 0 Å². The Morgan fingerprint density at radius 2 is 1.08 bits per heavy atom. The third-order valence-electron chi connectivity index (χ3n) is 3.93. The summed E-state index contributed by atoms with van der Waals surface area (Å²) in [5, 5.41) is 0. The first-order valence-electron chi connectivity index (χ1n) is 8.97. The lowest BCUT2D eigenvalue weighted by molar-refractivity contribution is 0.306. The maximum absolute atomic E-state index is 5.91. The smallest absolute Gasteiger partial charge is 0.119 e. The van der Waals surface area contributed by atoms with Crippen LogP contribution in [0.1, 0.15) is 36.1 Å². The van der Waals surface area contributed by atoms with Gasteiger partial charge in [0.05, 0.1) is 0 Å². The first kappa shape index (κ1) is 18.8. The molecule has 130 valence electrons. The maximum Gasteiger partial charge on any atom is 0.119 e. The average Bonchev–Trinajstić information content (AvgIpc) is 2.62. The number of rotatable bonds is 4. The van der Waals surface area contributed by atoms with Crippen molar-refractivity contribution in [1.29, 1.82) is 0 Å². The van der Waals surface area contributed by atoms with Gasteiger partial charge in [-0.05, 0) is 49.6 Å². The third kappa shape index (κ3) is 5.49. The zero-order chi connectivity index (χ0) is 18.2. The highest BCUT2D eigenvalue weighted by Gasteiger charge is 2.01. The summed E-state index contributed by atoms with van der Waals surface area (Å²) in [4.78, 5) is 0. The summed E-state index contributed by atoms with van der Waals surface area (Å²) in [5.74, 6) is 0.903. The fourth-order valence-electron chi connectivity index (χ4n) is 2.81. The van der Waals surface area contributed by atoms with Gasteiger partial charge in [-0.1, -0.05) is 85.1 Å². The molecule has 0 radical (unpaired) electrons. The van der Waals surface area contributed by atoms with Gasteiger partial charge in [-0.25, -0.2) is 0 Å². The highest BCUT2D eigenvalue weighted by Crippen LogP contribution is 2.23. The molecule has 0 aromatic heterocycles. The van der Waals surface area contributed by atoms with Gasteiger partial charge in [0.25, 0.3) is 0 Å². The largest absolute Gasteiger partial charge is 0.489 e. The molecule has 0 aliphatic rings. The van der Waals surface area contributed by atoms with Crippen LogP contribution >= 0.6 is 0 Å². The standard InChI is InChI=1S/C22H22O.C2H6/c1-16-4-6-20(7-5-16)21-8-10-22(11-9-21)23-15-19-13-17(2)12-18(3)14-19;1-2/h4-14H,15H2,1-3H3;1-2H3. The fourth-order valence-corrected chi connectivity index (χ4v) is 2.81. The maximum atomic E-state index is 5.91. The van der Waals surface area contributed by atoms with E-state index in [1.807, 2.05) is 26.0 Å². The Morgan fingerprint density at radius 3 is 1.60 bits per heavy atom. The minimum absolute atomic E-state index is 0.604. The summed E-state index contributed by atoms with van der Waals surface area (Å²) in [7, 11) is 0. The molecule has 0 spiro atoms. The summed E-state index contributed by atoms with van der Waals surface area (Å²) in [6, 6.07) is 23.4. The lowest BCUT2D eigenvalue weighted by Crippen LogP contribution is -1.96. The molecule has 3 aromatic rings. The first-order valence-corrected chi connectivity index (χ1v) is 8.97. The number of aryl methyl sites for hydroxylation is 3. The predicted molar refractivity (Wildman–Crippen MR) is 108 cm³/mol. The van der Waals surface area contributed by atoms with E-state index in [1.165, 1.54) is 33.4 Å². The molecule has 3 aromatic carbocycles. The van der Waals surface area contributed by atoms with Crippen LogP contribution in [0.5, 0.6) is 5.75 Å². The molecule has 0 fully saturated rings. The molecule has 1 nitrogen and oxygen atoms in total. The van der Waals surface area contributed by atoms with E-state index in [9.17, 15) is 0 Å². The summed E-state index contributed by atoms with van der Waals surface area (Å²) < 4.78 is 5.91. The molecule has 0 saturated heterocycles. The minimum Gasteiger partial charge on any atom is -0.489 e. The molecule has 25 heavy (non-hydrogen) atoms. The molecule has 0 unspecified atom stereocenters. The van der Waals surface area contributed by atoms with E-state index < -0.39 is 0 Å². The van der Waals surface area contributed by atoms with Crippen LogP contribution < -0.4 is 4.74 Å². The van der Waals surface area contributed by atoms with Gasteiger partial charge >= 0.3 is 0 Å². The van der Waals surface area contributed by atoms with Crippen LogP contribution in [0.25, 0.3) is 11.1 Å². The van der Waals surface area contributed by atoms with Crippen LogP contribution in [0.2, 0.25) is 0 Å². The Kier molecular flexibility index (Phi) is 6.82. The fraction of sp³-hybridized carbons (Fsp3) is 0.250. The van der Waals surface area contributed by atoms with Crippen LogP contribution in [-0.4, -0.2) is 0 Å². The third-order valence-corrected chi connectivity index (χ3v) is 3.93. The van der Waals surface area contributed by atoms with Crippen molar-refractivity contribution in [2.45, 2.75) is 41.2 Å².